The van der Waals surface area contributed by atoms with Crippen molar-refractivity contribution in [3.05, 3.63) is 224 Å². The summed E-state index contributed by atoms with van der Waals surface area (Å²) in [4.78, 5) is 4.91. The summed E-state index contributed by atoms with van der Waals surface area (Å²) in [6.07, 6.45) is -3.12. The summed E-state index contributed by atoms with van der Waals surface area (Å²) in [5, 5.41) is 8.43. The molecule has 0 aliphatic heterocycles. The van der Waals surface area contributed by atoms with E-state index in [1.54, 1.807) is 18.3 Å². The molecule has 0 fully saturated rings. The highest BCUT2D eigenvalue weighted by Gasteiger charge is 2.37. The zero-order valence-corrected chi connectivity index (χ0v) is 36.2. The number of aromatic nitrogens is 5. The molecule has 68 heavy (non-hydrogen) atoms. The first-order chi connectivity index (χ1) is 33.4. The fourth-order valence-electron chi connectivity index (χ4n) is 11.1. The molecule has 5 aromatic heterocycles. The lowest BCUT2D eigenvalue weighted by Gasteiger charge is -2.21. The van der Waals surface area contributed by atoms with Crippen LogP contribution in [0.4, 0.5) is 13.2 Å². The highest BCUT2D eigenvalue weighted by Crippen LogP contribution is 2.46. The molecule has 5 nitrogen and oxygen atoms in total. The Kier molecular flexibility index (Phi) is 8.08. The summed E-state index contributed by atoms with van der Waals surface area (Å²) in [5.41, 5.74) is 9.93. The van der Waals surface area contributed by atoms with E-state index in [1.165, 1.54) is 12.1 Å². The van der Waals surface area contributed by atoms with Crippen molar-refractivity contribution in [2.45, 2.75) is 6.18 Å². The number of fused-ring (bicyclic) bond motifs is 12. The van der Waals surface area contributed by atoms with Gasteiger partial charge in [0.2, 0.25) is 0 Å². The number of alkyl halides is 3. The van der Waals surface area contributed by atoms with Crippen LogP contribution in [0.25, 0.3) is 121 Å². The maximum atomic E-state index is 15.8. The molecular formula is C60H36F3N5. The first-order valence-electron chi connectivity index (χ1n) is 22.6. The Labute approximate surface area is 386 Å². The van der Waals surface area contributed by atoms with Gasteiger partial charge in [0, 0.05) is 66.2 Å². The maximum absolute atomic E-state index is 15.8. The molecule has 0 saturated heterocycles. The monoisotopic (exact) mass is 883 g/mol. The number of nitrogens with zero attached hydrogens (tertiary/aromatic N) is 5. The molecule has 14 aromatic rings. The molecule has 0 amide bonds. The predicted molar refractivity (Wildman–Crippen MR) is 272 cm³/mol. The van der Waals surface area contributed by atoms with Crippen molar-refractivity contribution in [3.63, 3.8) is 0 Å². The van der Waals surface area contributed by atoms with Crippen LogP contribution in [0.1, 0.15) is 5.56 Å². The zero-order valence-electron chi connectivity index (χ0n) is 36.2. The van der Waals surface area contributed by atoms with E-state index in [0.717, 1.165) is 98.6 Å². The Morgan fingerprint density at radius 1 is 0.309 bits per heavy atom. The molecule has 8 heteroatoms. The lowest BCUT2D eigenvalue weighted by atomic mass is 9.99. The van der Waals surface area contributed by atoms with E-state index in [2.05, 4.69) is 141 Å². The van der Waals surface area contributed by atoms with E-state index in [-0.39, 0.29) is 11.3 Å². The summed E-state index contributed by atoms with van der Waals surface area (Å²) in [7, 11) is 0. The third kappa shape index (κ3) is 5.42. The molecule has 0 unspecified atom stereocenters. The third-order valence-electron chi connectivity index (χ3n) is 13.8. The normalized spacial score (nSPS) is 12.3. The lowest BCUT2D eigenvalue weighted by Crippen LogP contribution is -2.12. The number of halogens is 3. The Morgan fingerprint density at radius 3 is 1.09 bits per heavy atom. The number of hydrogen-bond acceptors (Lipinski definition) is 1. The van der Waals surface area contributed by atoms with Gasteiger partial charge in [-0.2, -0.15) is 13.2 Å². The van der Waals surface area contributed by atoms with E-state index in [1.807, 2.05) is 65.2 Å². The summed E-state index contributed by atoms with van der Waals surface area (Å²) in [5.74, 6) is 0. The van der Waals surface area contributed by atoms with Gasteiger partial charge in [-0.3, -0.25) is 4.98 Å². The molecule has 322 valence electrons. The van der Waals surface area contributed by atoms with Gasteiger partial charge in [-0.15, -0.1) is 0 Å². The topological polar surface area (TPSA) is 32.6 Å². The number of rotatable bonds is 5. The molecule has 0 spiro atoms. The average Bonchev–Trinajstić information content (AvgIpc) is 4.10. The molecule has 0 aliphatic carbocycles. The van der Waals surface area contributed by atoms with Gasteiger partial charge in [-0.05, 0) is 97.1 Å². The maximum Gasteiger partial charge on any atom is 0.417 e. The third-order valence-corrected chi connectivity index (χ3v) is 13.8. The van der Waals surface area contributed by atoms with Gasteiger partial charge >= 0.3 is 6.18 Å². The average molecular weight is 884 g/mol. The molecule has 0 atom stereocenters. The Balaban J connectivity index is 1.01. The number of pyridine rings is 1. The lowest BCUT2D eigenvalue weighted by molar-refractivity contribution is -0.137. The van der Waals surface area contributed by atoms with Crippen molar-refractivity contribution in [2.24, 2.45) is 0 Å². The van der Waals surface area contributed by atoms with Crippen LogP contribution >= 0.6 is 0 Å². The van der Waals surface area contributed by atoms with Crippen molar-refractivity contribution in [1.29, 1.82) is 0 Å². The molecule has 9 aromatic carbocycles. The van der Waals surface area contributed by atoms with Crippen LogP contribution in [0.15, 0.2) is 219 Å². The first-order valence-corrected chi connectivity index (χ1v) is 22.6. The fraction of sp³-hybridized carbons (Fsp3) is 0.0167. The molecule has 0 bridgehead atoms. The van der Waals surface area contributed by atoms with Crippen LogP contribution in [-0.4, -0.2) is 23.3 Å². The fourth-order valence-corrected chi connectivity index (χ4v) is 11.1. The summed E-state index contributed by atoms with van der Waals surface area (Å²) >= 11 is 0. The number of hydrogen-bond donors (Lipinski definition) is 0. The van der Waals surface area contributed by atoms with Gasteiger partial charge in [-0.1, -0.05) is 115 Å². The van der Waals surface area contributed by atoms with Crippen LogP contribution in [0, 0.1) is 0 Å². The van der Waals surface area contributed by atoms with E-state index in [0.29, 0.717) is 11.4 Å². The SMILES string of the molecule is FC(F)(F)c1cccc(-n2c3ccccc3c3cc(-n4c5ccccc5c5ccccc54)ccc32)c1-c1ncccc1-n1c2ccccc2c2cc(-n3c4ccccc4c4ccccc43)ccc21. The number of para-hydroxylation sites is 6. The van der Waals surface area contributed by atoms with Crippen molar-refractivity contribution in [2.75, 3.05) is 0 Å². The van der Waals surface area contributed by atoms with Gasteiger partial charge in [-0.25, -0.2) is 0 Å². The van der Waals surface area contributed by atoms with Crippen molar-refractivity contribution < 1.29 is 13.2 Å². The van der Waals surface area contributed by atoms with Crippen molar-refractivity contribution in [3.8, 4) is 34.0 Å². The first kappa shape index (κ1) is 38.4. The zero-order chi connectivity index (χ0) is 45.3. The van der Waals surface area contributed by atoms with Crippen LogP contribution in [0.5, 0.6) is 0 Å². The van der Waals surface area contributed by atoms with Crippen molar-refractivity contribution in [1.82, 2.24) is 23.3 Å². The van der Waals surface area contributed by atoms with Crippen LogP contribution in [0.3, 0.4) is 0 Å². The largest absolute Gasteiger partial charge is 0.417 e. The standard InChI is InChI=1S/C60H36F3N5/c61-60(62,63)47-21-13-28-56(67-52-26-11-5-19-43(52)45-35-37(30-32-54(45)67)65-48-22-7-1-15-39(48)40-16-2-8-23-49(40)65)58(47)59-57(29-14-34-64-59)68-53-27-12-6-20-44(53)46-36-38(31-33-55(46)68)66-50-24-9-3-17-41(50)42-18-4-10-25-51(42)66/h1-36H. The summed E-state index contributed by atoms with van der Waals surface area (Å²) in [6, 6.07) is 70.5. The second-order valence-corrected chi connectivity index (χ2v) is 17.4. The number of benzene rings is 9. The Morgan fingerprint density at radius 2 is 0.662 bits per heavy atom. The van der Waals surface area contributed by atoms with Crippen molar-refractivity contribution >= 4 is 87.2 Å². The predicted octanol–water partition coefficient (Wildman–Crippen LogP) is 16.2. The summed E-state index contributed by atoms with van der Waals surface area (Å²) < 4.78 is 56.0. The molecule has 14 rings (SSSR count). The molecule has 5 heterocycles. The van der Waals surface area contributed by atoms with Crippen LogP contribution in [0.2, 0.25) is 0 Å². The minimum Gasteiger partial charge on any atom is -0.309 e. The van der Waals surface area contributed by atoms with E-state index < -0.39 is 11.7 Å². The molecular weight excluding hydrogens is 848 g/mol. The minimum atomic E-state index is -4.71. The smallest absolute Gasteiger partial charge is 0.309 e. The highest BCUT2D eigenvalue weighted by molar-refractivity contribution is 6.14. The second-order valence-electron chi connectivity index (χ2n) is 17.4. The van der Waals surface area contributed by atoms with Crippen LogP contribution in [-0.2, 0) is 6.18 Å². The Bertz CT molecular complexity index is 4280. The quantitative estimate of drug-likeness (QED) is 0.169. The molecule has 0 radical (unpaired) electrons. The van der Waals surface area contributed by atoms with Gasteiger partial charge in [0.15, 0.2) is 0 Å². The van der Waals surface area contributed by atoms with Gasteiger partial charge < -0.3 is 18.3 Å². The van der Waals surface area contributed by atoms with Gasteiger partial charge in [0.05, 0.1) is 66.8 Å². The molecule has 0 saturated carbocycles. The van der Waals surface area contributed by atoms with Gasteiger partial charge in [0.1, 0.15) is 0 Å². The van der Waals surface area contributed by atoms with Gasteiger partial charge in [0.25, 0.3) is 0 Å². The molecule has 0 aliphatic rings. The minimum absolute atomic E-state index is 0.00226. The van der Waals surface area contributed by atoms with E-state index in [9.17, 15) is 0 Å². The Hall–Kier alpha value is -8.88. The van der Waals surface area contributed by atoms with E-state index in [4.69, 9.17) is 4.98 Å². The summed E-state index contributed by atoms with van der Waals surface area (Å²) in [6.45, 7) is 0. The second kappa shape index (κ2) is 14.3. The van der Waals surface area contributed by atoms with Crippen LogP contribution < -0.4 is 0 Å². The van der Waals surface area contributed by atoms with E-state index >= 15 is 13.2 Å². The molecule has 0 N–H and O–H groups in total. The highest BCUT2D eigenvalue weighted by atomic mass is 19.4.